The van der Waals surface area contributed by atoms with Crippen LogP contribution in [0.4, 0.5) is 5.95 Å². The number of aromatic nitrogens is 3. The molecule has 0 bridgehead atoms. The summed E-state index contributed by atoms with van der Waals surface area (Å²) in [5.41, 5.74) is 8.58. The summed E-state index contributed by atoms with van der Waals surface area (Å²) in [4.78, 5) is 4.28. The molecule has 3 unspecified atom stereocenters. The number of hydrogen-bond acceptors (Lipinski definition) is 3. The van der Waals surface area contributed by atoms with Crippen molar-refractivity contribution in [2.75, 3.05) is 5.73 Å². The lowest BCUT2D eigenvalue weighted by atomic mass is 9.92. The third-order valence-electron chi connectivity index (χ3n) is 4.17. The van der Waals surface area contributed by atoms with Gasteiger partial charge in [0, 0.05) is 5.92 Å². The summed E-state index contributed by atoms with van der Waals surface area (Å²) >= 11 is 0. The molecule has 86 valence electrons. The van der Waals surface area contributed by atoms with E-state index in [1.165, 1.54) is 24.0 Å². The lowest BCUT2D eigenvalue weighted by Crippen LogP contribution is -2.00. The number of rotatable bonds is 1. The molecule has 1 heterocycles. The van der Waals surface area contributed by atoms with Crippen molar-refractivity contribution in [3.8, 4) is 0 Å². The van der Waals surface area contributed by atoms with Crippen LogP contribution in [0.25, 0.3) is 0 Å². The number of aryl methyl sites for hydroxylation is 1. The highest BCUT2D eigenvalue weighted by molar-refractivity contribution is 5.43. The highest BCUT2D eigenvalue weighted by atomic mass is 15.3. The number of nitrogen functional groups attached to an aromatic ring is 1. The van der Waals surface area contributed by atoms with Gasteiger partial charge in [-0.05, 0) is 35.8 Å². The number of aromatic amines is 1. The van der Waals surface area contributed by atoms with Gasteiger partial charge in [0.25, 0.3) is 0 Å². The predicted octanol–water partition coefficient (Wildman–Crippen LogP) is 1.83. The fourth-order valence-corrected chi connectivity index (χ4v) is 3.38. The monoisotopic (exact) mass is 226 g/mol. The SMILES string of the molecule is Nc1n[nH]c(C2C3CCc4ccccc4C32)n1. The fourth-order valence-electron chi connectivity index (χ4n) is 3.38. The number of benzene rings is 1. The fraction of sp³-hybridized carbons (Fsp3) is 0.385. The van der Waals surface area contributed by atoms with Gasteiger partial charge in [-0.25, -0.2) is 0 Å². The van der Waals surface area contributed by atoms with Gasteiger partial charge in [0.2, 0.25) is 5.95 Å². The molecule has 1 saturated carbocycles. The van der Waals surface area contributed by atoms with Crippen LogP contribution in [0.1, 0.15) is 35.2 Å². The van der Waals surface area contributed by atoms with E-state index < -0.39 is 0 Å². The molecule has 3 atom stereocenters. The van der Waals surface area contributed by atoms with Crippen LogP contribution in [0.3, 0.4) is 0 Å². The van der Waals surface area contributed by atoms with Crippen molar-refractivity contribution in [2.24, 2.45) is 5.92 Å². The standard InChI is InChI=1S/C13H14N4/c14-13-15-12(16-17-13)11-9-6-5-7-3-1-2-4-8(7)10(9)11/h1-4,9-11H,5-6H2,(H3,14,15,16,17). The van der Waals surface area contributed by atoms with Gasteiger partial charge in [-0.3, -0.25) is 5.10 Å². The normalized spacial score (nSPS) is 29.5. The molecule has 0 aliphatic heterocycles. The number of fused-ring (bicyclic) bond motifs is 3. The second-order valence-corrected chi connectivity index (χ2v) is 5.03. The molecule has 1 aromatic carbocycles. The second kappa shape index (κ2) is 3.09. The molecule has 17 heavy (non-hydrogen) atoms. The minimum absolute atomic E-state index is 0.358. The van der Waals surface area contributed by atoms with Crippen LogP contribution in [0.15, 0.2) is 24.3 Å². The van der Waals surface area contributed by atoms with Crippen molar-refractivity contribution in [2.45, 2.75) is 24.7 Å². The molecule has 0 radical (unpaired) electrons. The van der Waals surface area contributed by atoms with Crippen LogP contribution >= 0.6 is 0 Å². The van der Waals surface area contributed by atoms with Gasteiger partial charge in [-0.2, -0.15) is 4.98 Å². The Morgan fingerprint density at radius 3 is 2.94 bits per heavy atom. The molecule has 2 aliphatic carbocycles. The Balaban J connectivity index is 1.73. The summed E-state index contributed by atoms with van der Waals surface area (Å²) in [7, 11) is 0. The van der Waals surface area contributed by atoms with Gasteiger partial charge in [0.1, 0.15) is 5.82 Å². The zero-order valence-corrected chi connectivity index (χ0v) is 9.43. The summed E-state index contributed by atoms with van der Waals surface area (Å²) in [5, 5.41) is 6.90. The van der Waals surface area contributed by atoms with Gasteiger partial charge < -0.3 is 5.73 Å². The Morgan fingerprint density at radius 1 is 1.24 bits per heavy atom. The number of nitrogens with two attached hydrogens (primary N) is 1. The van der Waals surface area contributed by atoms with E-state index in [1.54, 1.807) is 0 Å². The third kappa shape index (κ3) is 1.24. The van der Waals surface area contributed by atoms with Gasteiger partial charge in [-0.1, -0.05) is 24.3 Å². The van der Waals surface area contributed by atoms with Crippen LogP contribution < -0.4 is 5.73 Å². The molecule has 0 spiro atoms. The van der Waals surface area contributed by atoms with Crippen molar-refractivity contribution in [3.05, 3.63) is 41.2 Å². The van der Waals surface area contributed by atoms with E-state index in [2.05, 4.69) is 39.4 Å². The van der Waals surface area contributed by atoms with Crippen LogP contribution in [-0.4, -0.2) is 15.2 Å². The van der Waals surface area contributed by atoms with E-state index >= 15 is 0 Å². The van der Waals surface area contributed by atoms with Crippen molar-refractivity contribution in [1.82, 2.24) is 15.2 Å². The second-order valence-electron chi connectivity index (χ2n) is 5.03. The first kappa shape index (κ1) is 9.22. The van der Waals surface area contributed by atoms with Gasteiger partial charge >= 0.3 is 0 Å². The number of anilines is 1. The molecule has 1 fully saturated rings. The van der Waals surface area contributed by atoms with Crippen LogP contribution in [0.5, 0.6) is 0 Å². The Labute approximate surface area is 99.3 Å². The van der Waals surface area contributed by atoms with E-state index in [4.69, 9.17) is 5.73 Å². The first-order valence-electron chi connectivity index (χ1n) is 6.10. The Kier molecular flexibility index (Phi) is 1.68. The smallest absolute Gasteiger partial charge is 0.239 e. The third-order valence-corrected chi connectivity index (χ3v) is 4.17. The van der Waals surface area contributed by atoms with E-state index in [0.717, 1.165) is 11.7 Å². The number of H-pyrrole nitrogens is 1. The van der Waals surface area contributed by atoms with Gasteiger partial charge in [0.05, 0.1) is 0 Å². The first-order valence-corrected chi connectivity index (χ1v) is 6.10. The summed E-state index contributed by atoms with van der Waals surface area (Å²) in [6.45, 7) is 0. The van der Waals surface area contributed by atoms with E-state index in [1.807, 2.05) is 0 Å². The maximum absolute atomic E-state index is 5.57. The number of nitrogens with zero attached hydrogens (tertiary/aromatic N) is 2. The average Bonchev–Trinajstić information content (AvgIpc) is 2.96. The molecular formula is C13H14N4. The zero-order valence-electron chi connectivity index (χ0n) is 9.43. The van der Waals surface area contributed by atoms with Gasteiger partial charge in [-0.15, -0.1) is 5.10 Å². The summed E-state index contributed by atoms with van der Waals surface area (Å²) in [5.74, 6) is 3.19. The molecule has 2 aliphatic rings. The molecule has 0 saturated heterocycles. The minimum Gasteiger partial charge on any atom is -0.367 e. The van der Waals surface area contributed by atoms with E-state index in [-0.39, 0.29) is 0 Å². The Bertz CT molecular complexity index is 574. The molecule has 1 aromatic heterocycles. The van der Waals surface area contributed by atoms with Crippen molar-refractivity contribution >= 4 is 5.95 Å². The Morgan fingerprint density at radius 2 is 2.12 bits per heavy atom. The maximum Gasteiger partial charge on any atom is 0.239 e. The molecule has 4 nitrogen and oxygen atoms in total. The number of nitrogens with one attached hydrogen (secondary N) is 1. The maximum atomic E-state index is 5.57. The summed E-state index contributed by atoms with van der Waals surface area (Å²) in [6, 6.07) is 8.76. The molecule has 4 heteroatoms. The lowest BCUT2D eigenvalue weighted by molar-refractivity contribution is 0.655. The molecule has 3 N–H and O–H groups in total. The highest BCUT2D eigenvalue weighted by Crippen LogP contribution is 2.64. The molecule has 0 amide bonds. The molecule has 2 aromatic rings. The zero-order chi connectivity index (χ0) is 11.4. The summed E-state index contributed by atoms with van der Waals surface area (Å²) in [6.07, 6.45) is 2.45. The van der Waals surface area contributed by atoms with Crippen molar-refractivity contribution < 1.29 is 0 Å². The molecule has 4 rings (SSSR count). The Hall–Kier alpha value is -1.84. The average molecular weight is 226 g/mol. The quantitative estimate of drug-likeness (QED) is 0.779. The highest BCUT2D eigenvalue weighted by Gasteiger charge is 2.55. The summed E-state index contributed by atoms with van der Waals surface area (Å²) < 4.78 is 0. The van der Waals surface area contributed by atoms with Gasteiger partial charge in [0.15, 0.2) is 0 Å². The number of hydrogen-bond donors (Lipinski definition) is 2. The van der Waals surface area contributed by atoms with E-state index in [0.29, 0.717) is 17.8 Å². The minimum atomic E-state index is 0.358. The van der Waals surface area contributed by atoms with Crippen LogP contribution in [-0.2, 0) is 6.42 Å². The van der Waals surface area contributed by atoms with Crippen LogP contribution in [0, 0.1) is 5.92 Å². The topological polar surface area (TPSA) is 67.6 Å². The first-order chi connectivity index (χ1) is 8.34. The lowest BCUT2D eigenvalue weighted by Gasteiger charge is -2.13. The molecular weight excluding hydrogens is 212 g/mol. The largest absolute Gasteiger partial charge is 0.367 e. The van der Waals surface area contributed by atoms with Crippen molar-refractivity contribution in [3.63, 3.8) is 0 Å². The van der Waals surface area contributed by atoms with E-state index in [9.17, 15) is 0 Å². The van der Waals surface area contributed by atoms with Crippen LogP contribution in [0.2, 0.25) is 0 Å². The predicted molar refractivity (Wildman–Crippen MR) is 64.5 cm³/mol. The van der Waals surface area contributed by atoms with Crippen molar-refractivity contribution in [1.29, 1.82) is 0 Å².